The second kappa shape index (κ2) is 7.91. The van der Waals surface area contributed by atoms with Crippen molar-refractivity contribution in [3.63, 3.8) is 0 Å². The Hall–Kier alpha value is -0.800. The Bertz CT molecular complexity index is 841. The quantitative estimate of drug-likeness (QED) is 0.562. The number of hydrogen-bond donors (Lipinski definition) is 1. The Morgan fingerprint density at radius 3 is 2.74 bits per heavy atom. The number of nitrogens with zero attached hydrogens (tertiary/aromatic N) is 4. The molecule has 1 saturated heterocycles. The number of piperidine rings is 1. The molecule has 144 valence electrons. The van der Waals surface area contributed by atoms with Crippen LogP contribution in [0.3, 0.4) is 0 Å². The molecule has 0 bridgehead atoms. The minimum Gasteiger partial charge on any atom is -0.382 e. The Kier molecular flexibility index (Phi) is 5.72. The summed E-state index contributed by atoms with van der Waals surface area (Å²) in [5.41, 5.74) is 6.37. The molecule has 3 heterocycles. The van der Waals surface area contributed by atoms with E-state index in [-0.39, 0.29) is 0 Å². The van der Waals surface area contributed by atoms with Crippen LogP contribution in [0, 0.1) is 15.0 Å². The lowest BCUT2D eigenvalue weighted by Gasteiger charge is -2.42. The summed E-state index contributed by atoms with van der Waals surface area (Å²) >= 11 is 9.98. The highest BCUT2D eigenvalue weighted by molar-refractivity contribution is 14.1. The summed E-state index contributed by atoms with van der Waals surface area (Å²) in [7, 11) is 0. The van der Waals surface area contributed by atoms with Crippen molar-refractivity contribution in [2.45, 2.75) is 48.9 Å². The molecule has 8 heteroatoms. The van der Waals surface area contributed by atoms with Gasteiger partial charge in [-0.15, -0.1) is 0 Å². The first-order valence-corrected chi connectivity index (χ1v) is 11.6. The average Bonchev–Trinajstić information content (AvgIpc) is 3.01. The van der Waals surface area contributed by atoms with E-state index in [1.165, 1.54) is 43.9 Å². The summed E-state index contributed by atoms with van der Waals surface area (Å²) in [4.78, 5) is 16.7. The molecule has 1 aliphatic carbocycles. The molecule has 5 nitrogen and oxygen atoms in total. The fourth-order valence-electron chi connectivity index (χ4n) is 4.43. The van der Waals surface area contributed by atoms with Gasteiger partial charge < -0.3 is 10.6 Å². The number of halogens is 2. The van der Waals surface area contributed by atoms with Crippen molar-refractivity contribution in [2.24, 2.45) is 11.3 Å². The van der Waals surface area contributed by atoms with Crippen molar-refractivity contribution >= 4 is 57.6 Å². The van der Waals surface area contributed by atoms with E-state index in [1.807, 2.05) is 12.3 Å². The first-order valence-electron chi connectivity index (χ1n) is 9.34. The van der Waals surface area contributed by atoms with Crippen molar-refractivity contribution in [1.29, 1.82) is 0 Å². The topological polar surface area (TPSA) is 67.9 Å². The molecule has 1 saturated carbocycles. The number of aromatic nitrogens is 3. The molecule has 0 radical (unpaired) electrons. The molecule has 1 atom stereocenters. The standard InChI is InChI=1S/C19H23ClIN5S/c1-12-3-2-5-19(12)6-9-26(10-7-19)14-11-24-18(16(21)25-14)27-13-4-8-23-17(22)15(13)20/h4,8,11-12H,2-3,5-7,9-10H2,1H3,(H2,22,23)/t12-/m1/s1. The van der Waals surface area contributed by atoms with E-state index in [4.69, 9.17) is 22.3 Å². The van der Waals surface area contributed by atoms with Crippen LogP contribution in [-0.2, 0) is 0 Å². The normalized spacial score (nSPS) is 21.7. The molecule has 0 unspecified atom stereocenters. The molecule has 2 aliphatic rings. The lowest BCUT2D eigenvalue weighted by atomic mass is 9.71. The van der Waals surface area contributed by atoms with Crippen molar-refractivity contribution in [3.05, 3.63) is 27.2 Å². The molecule has 2 aromatic rings. The maximum absolute atomic E-state index is 6.25. The van der Waals surface area contributed by atoms with Gasteiger partial charge in [0.25, 0.3) is 0 Å². The molecular formula is C19H23ClIN5S. The molecular weight excluding hydrogens is 493 g/mol. The van der Waals surface area contributed by atoms with Gasteiger partial charge in [0.15, 0.2) is 0 Å². The van der Waals surface area contributed by atoms with Crippen LogP contribution in [0.5, 0.6) is 0 Å². The van der Waals surface area contributed by atoms with Crippen molar-refractivity contribution in [2.75, 3.05) is 23.7 Å². The van der Waals surface area contributed by atoms with Crippen LogP contribution in [0.15, 0.2) is 28.4 Å². The number of nitrogen functional groups attached to an aromatic ring is 1. The van der Waals surface area contributed by atoms with Crippen LogP contribution in [0.2, 0.25) is 5.02 Å². The molecule has 0 amide bonds. The third-order valence-electron chi connectivity index (χ3n) is 6.21. The van der Waals surface area contributed by atoms with Gasteiger partial charge in [0, 0.05) is 24.2 Å². The summed E-state index contributed by atoms with van der Waals surface area (Å²) in [6.07, 6.45) is 10.3. The zero-order valence-electron chi connectivity index (χ0n) is 15.3. The van der Waals surface area contributed by atoms with Crippen LogP contribution in [0.25, 0.3) is 0 Å². The largest absolute Gasteiger partial charge is 0.382 e. The summed E-state index contributed by atoms with van der Waals surface area (Å²) in [5, 5.41) is 1.31. The van der Waals surface area contributed by atoms with E-state index in [1.54, 1.807) is 6.20 Å². The monoisotopic (exact) mass is 515 g/mol. The third-order valence-corrected chi connectivity index (χ3v) is 8.89. The second-order valence-corrected chi connectivity index (χ2v) is 10.0. The first kappa shape index (κ1) is 19.5. The van der Waals surface area contributed by atoms with E-state index < -0.39 is 0 Å². The number of rotatable bonds is 3. The van der Waals surface area contributed by atoms with Crippen LogP contribution in [-0.4, -0.2) is 28.0 Å². The van der Waals surface area contributed by atoms with Crippen LogP contribution in [0.4, 0.5) is 11.6 Å². The third kappa shape index (κ3) is 3.87. The highest BCUT2D eigenvalue weighted by Gasteiger charge is 2.42. The SMILES string of the molecule is C[C@@H]1CCCC12CCN(c1cnc(Sc3ccnc(N)c3Cl)c(I)n1)CC2. The zero-order valence-corrected chi connectivity index (χ0v) is 19.0. The van der Waals surface area contributed by atoms with Crippen molar-refractivity contribution in [3.8, 4) is 0 Å². The Morgan fingerprint density at radius 1 is 1.30 bits per heavy atom. The van der Waals surface area contributed by atoms with Gasteiger partial charge in [0.2, 0.25) is 0 Å². The summed E-state index contributed by atoms with van der Waals surface area (Å²) in [6, 6.07) is 1.85. The lowest BCUT2D eigenvalue weighted by molar-refractivity contribution is 0.161. The fourth-order valence-corrected chi connectivity index (χ4v) is 6.14. The Morgan fingerprint density at radius 2 is 2.07 bits per heavy atom. The van der Waals surface area contributed by atoms with E-state index in [0.717, 1.165) is 38.4 Å². The van der Waals surface area contributed by atoms with Crippen LogP contribution < -0.4 is 10.6 Å². The number of hydrogen-bond acceptors (Lipinski definition) is 6. The van der Waals surface area contributed by atoms with Gasteiger partial charge in [-0.05, 0) is 59.3 Å². The molecule has 2 N–H and O–H groups in total. The highest BCUT2D eigenvalue weighted by Crippen LogP contribution is 2.50. The maximum Gasteiger partial charge on any atom is 0.148 e. The van der Waals surface area contributed by atoms with Gasteiger partial charge in [-0.2, -0.15) is 0 Å². The van der Waals surface area contributed by atoms with Gasteiger partial charge in [0.05, 0.1) is 11.2 Å². The minimum absolute atomic E-state index is 0.338. The molecule has 2 fully saturated rings. The Labute approximate surface area is 183 Å². The Balaban J connectivity index is 1.47. The van der Waals surface area contributed by atoms with E-state index >= 15 is 0 Å². The summed E-state index contributed by atoms with van der Waals surface area (Å²) in [5.74, 6) is 2.18. The first-order chi connectivity index (χ1) is 13.0. The molecule has 27 heavy (non-hydrogen) atoms. The highest BCUT2D eigenvalue weighted by atomic mass is 127. The predicted octanol–water partition coefficient (Wildman–Crippen LogP) is 5.27. The summed E-state index contributed by atoms with van der Waals surface area (Å²) in [6.45, 7) is 4.59. The van der Waals surface area contributed by atoms with Crippen LogP contribution in [0.1, 0.15) is 39.0 Å². The summed E-state index contributed by atoms with van der Waals surface area (Å²) < 4.78 is 0.885. The fraction of sp³-hybridized carbons (Fsp3) is 0.526. The number of nitrogens with two attached hydrogens (primary N) is 1. The minimum atomic E-state index is 0.338. The molecule has 0 aromatic carbocycles. The van der Waals surface area contributed by atoms with Crippen molar-refractivity contribution < 1.29 is 0 Å². The molecule has 2 aromatic heterocycles. The van der Waals surface area contributed by atoms with E-state index in [9.17, 15) is 0 Å². The molecule has 1 aliphatic heterocycles. The van der Waals surface area contributed by atoms with Gasteiger partial charge in [-0.25, -0.2) is 15.0 Å². The van der Waals surface area contributed by atoms with Crippen LogP contribution >= 0.6 is 46.0 Å². The maximum atomic E-state index is 6.25. The average molecular weight is 516 g/mol. The smallest absolute Gasteiger partial charge is 0.148 e. The van der Waals surface area contributed by atoms with Gasteiger partial charge in [-0.1, -0.05) is 43.1 Å². The zero-order chi connectivity index (χ0) is 19.0. The second-order valence-electron chi connectivity index (χ2n) is 7.58. The van der Waals surface area contributed by atoms with E-state index in [0.29, 0.717) is 16.3 Å². The predicted molar refractivity (Wildman–Crippen MR) is 119 cm³/mol. The van der Waals surface area contributed by atoms with Crippen molar-refractivity contribution in [1.82, 2.24) is 15.0 Å². The number of anilines is 2. The lowest BCUT2D eigenvalue weighted by Crippen LogP contribution is -2.41. The van der Waals surface area contributed by atoms with E-state index in [2.05, 4.69) is 44.4 Å². The van der Waals surface area contributed by atoms with Gasteiger partial charge >= 0.3 is 0 Å². The molecule has 1 spiro atoms. The number of pyridine rings is 1. The van der Waals surface area contributed by atoms with Gasteiger partial charge in [-0.3, -0.25) is 0 Å². The molecule has 4 rings (SSSR count). The van der Waals surface area contributed by atoms with Gasteiger partial charge in [0.1, 0.15) is 20.4 Å².